The number of rotatable bonds is 5. The van der Waals surface area contributed by atoms with Crippen molar-refractivity contribution in [2.75, 3.05) is 12.4 Å². The predicted octanol–water partition coefficient (Wildman–Crippen LogP) is 4.91. The average molecular weight is 322 g/mol. The van der Waals surface area contributed by atoms with Crippen molar-refractivity contribution in [1.82, 2.24) is 4.90 Å². The Morgan fingerprint density at radius 3 is 2.74 bits per heavy atom. The Balaban J connectivity index is 0.00000180. The molecular formula is C14H18Cl2FNS. The first-order chi connectivity index (χ1) is 8.61. The van der Waals surface area contributed by atoms with Gasteiger partial charge in [-0.05, 0) is 48.4 Å². The fourth-order valence-corrected chi connectivity index (χ4v) is 3.18. The lowest BCUT2D eigenvalue weighted by atomic mass is 10.1. The van der Waals surface area contributed by atoms with Gasteiger partial charge >= 0.3 is 0 Å². The summed E-state index contributed by atoms with van der Waals surface area (Å²) in [6.07, 6.45) is 0. The van der Waals surface area contributed by atoms with Crippen LogP contribution in [0.5, 0.6) is 0 Å². The number of hydrogen-bond donors (Lipinski definition) is 0. The van der Waals surface area contributed by atoms with E-state index in [-0.39, 0.29) is 18.2 Å². The van der Waals surface area contributed by atoms with E-state index in [2.05, 4.69) is 24.1 Å². The molecule has 0 amide bonds. The van der Waals surface area contributed by atoms with Crippen molar-refractivity contribution in [2.24, 2.45) is 0 Å². The molecule has 5 heteroatoms. The molecule has 0 saturated carbocycles. The van der Waals surface area contributed by atoms with Gasteiger partial charge < -0.3 is 0 Å². The summed E-state index contributed by atoms with van der Waals surface area (Å²) >= 11 is 7.49. The molecule has 0 saturated heterocycles. The Kier molecular flexibility index (Phi) is 6.54. The molecule has 0 N–H and O–H groups in total. The molecule has 2 aromatic rings. The molecule has 0 aliphatic carbocycles. The molecule has 0 fully saturated rings. The number of nitrogens with zero attached hydrogens (tertiary/aromatic N) is 1. The van der Waals surface area contributed by atoms with Gasteiger partial charge in [-0.1, -0.05) is 0 Å². The Hall–Kier alpha value is -0.350. The summed E-state index contributed by atoms with van der Waals surface area (Å²) in [4.78, 5) is 2.30. The van der Waals surface area contributed by atoms with Crippen LogP contribution in [0.3, 0.4) is 0 Å². The Morgan fingerprint density at radius 1 is 1.37 bits per heavy atom. The van der Waals surface area contributed by atoms with E-state index in [1.54, 1.807) is 17.4 Å². The minimum Gasteiger partial charge on any atom is -0.295 e. The van der Waals surface area contributed by atoms with Crippen molar-refractivity contribution in [3.63, 3.8) is 0 Å². The summed E-state index contributed by atoms with van der Waals surface area (Å²) in [6, 6.07) is 5.43. The van der Waals surface area contributed by atoms with Crippen molar-refractivity contribution in [1.29, 1.82) is 0 Å². The first-order valence-corrected chi connectivity index (χ1v) is 7.49. The highest BCUT2D eigenvalue weighted by Crippen LogP contribution is 2.28. The van der Waals surface area contributed by atoms with Crippen LogP contribution in [0, 0.1) is 5.82 Å². The van der Waals surface area contributed by atoms with Gasteiger partial charge in [-0.2, -0.15) is 0 Å². The minimum atomic E-state index is -0.171. The van der Waals surface area contributed by atoms with Gasteiger partial charge in [-0.15, -0.1) is 35.3 Å². The topological polar surface area (TPSA) is 3.24 Å². The van der Waals surface area contributed by atoms with Crippen LogP contribution in [0.1, 0.15) is 19.4 Å². The van der Waals surface area contributed by atoms with Crippen molar-refractivity contribution >= 4 is 45.4 Å². The summed E-state index contributed by atoms with van der Waals surface area (Å²) < 4.78 is 14.4. The number of fused-ring (bicyclic) bond motifs is 1. The molecule has 1 heterocycles. The van der Waals surface area contributed by atoms with Gasteiger partial charge in [-0.25, -0.2) is 4.39 Å². The summed E-state index contributed by atoms with van der Waals surface area (Å²) in [5, 5.41) is 3.15. The van der Waals surface area contributed by atoms with Crippen molar-refractivity contribution in [3.8, 4) is 0 Å². The van der Waals surface area contributed by atoms with E-state index in [0.29, 0.717) is 11.9 Å². The Bertz CT molecular complexity index is 527. The molecule has 0 radical (unpaired) electrons. The molecule has 0 atom stereocenters. The maximum atomic E-state index is 13.3. The lowest BCUT2D eigenvalue weighted by Crippen LogP contribution is -2.31. The van der Waals surface area contributed by atoms with Crippen LogP contribution in [-0.4, -0.2) is 23.4 Å². The second-order valence-corrected chi connectivity index (χ2v) is 5.94. The second kappa shape index (κ2) is 7.44. The summed E-state index contributed by atoms with van der Waals surface area (Å²) in [5.41, 5.74) is 1.19. The van der Waals surface area contributed by atoms with Crippen LogP contribution in [-0.2, 0) is 6.54 Å². The SMILES string of the molecule is CC(C)N(CCCl)Cc1csc2ccc(F)cc12.Cl. The van der Waals surface area contributed by atoms with Gasteiger partial charge in [0.25, 0.3) is 0 Å². The van der Waals surface area contributed by atoms with E-state index in [4.69, 9.17) is 11.6 Å². The van der Waals surface area contributed by atoms with E-state index >= 15 is 0 Å². The molecule has 1 nitrogen and oxygen atoms in total. The highest BCUT2D eigenvalue weighted by Gasteiger charge is 2.12. The van der Waals surface area contributed by atoms with Crippen LogP contribution in [0.15, 0.2) is 23.6 Å². The molecule has 1 aromatic carbocycles. The zero-order valence-electron chi connectivity index (χ0n) is 11.0. The van der Waals surface area contributed by atoms with Crippen LogP contribution >= 0.6 is 35.3 Å². The van der Waals surface area contributed by atoms with Gasteiger partial charge in [0.05, 0.1) is 0 Å². The number of hydrogen-bond acceptors (Lipinski definition) is 2. The quantitative estimate of drug-likeness (QED) is 0.707. The van der Waals surface area contributed by atoms with Crippen LogP contribution < -0.4 is 0 Å². The standard InChI is InChI=1S/C14H17ClFNS.ClH/c1-10(2)17(6-5-15)8-11-9-18-14-4-3-12(16)7-13(11)14;/h3-4,7,9-10H,5-6,8H2,1-2H3;1H. The third kappa shape index (κ3) is 4.06. The number of thiophene rings is 1. The third-order valence-electron chi connectivity index (χ3n) is 3.09. The first-order valence-electron chi connectivity index (χ1n) is 6.07. The van der Waals surface area contributed by atoms with Crippen molar-refractivity contribution < 1.29 is 4.39 Å². The van der Waals surface area contributed by atoms with E-state index in [9.17, 15) is 4.39 Å². The minimum absolute atomic E-state index is 0. The van der Waals surface area contributed by atoms with E-state index in [1.165, 1.54) is 11.6 Å². The molecular weight excluding hydrogens is 304 g/mol. The average Bonchev–Trinajstić information content (AvgIpc) is 2.71. The maximum absolute atomic E-state index is 13.3. The van der Waals surface area contributed by atoms with Gasteiger partial charge in [0.1, 0.15) is 5.82 Å². The largest absolute Gasteiger partial charge is 0.295 e. The zero-order chi connectivity index (χ0) is 13.1. The molecule has 0 bridgehead atoms. The lowest BCUT2D eigenvalue weighted by molar-refractivity contribution is 0.227. The summed E-state index contributed by atoms with van der Waals surface area (Å²) in [5.74, 6) is 0.449. The van der Waals surface area contributed by atoms with Gasteiger partial charge in [0.2, 0.25) is 0 Å². The number of benzene rings is 1. The highest BCUT2D eigenvalue weighted by molar-refractivity contribution is 7.17. The Labute approximate surface area is 128 Å². The summed E-state index contributed by atoms with van der Waals surface area (Å²) in [6.45, 7) is 5.99. The fourth-order valence-electron chi connectivity index (χ4n) is 2.02. The number of halogens is 3. The molecule has 2 rings (SSSR count). The maximum Gasteiger partial charge on any atom is 0.123 e. The Morgan fingerprint density at radius 2 is 2.11 bits per heavy atom. The van der Waals surface area contributed by atoms with E-state index in [0.717, 1.165) is 23.2 Å². The van der Waals surface area contributed by atoms with Crippen LogP contribution in [0.4, 0.5) is 4.39 Å². The highest BCUT2D eigenvalue weighted by atomic mass is 35.5. The predicted molar refractivity (Wildman–Crippen MR) is 85.3 cm³/mol. The summed E-state index contributed by atoms with van der Waals surface area (Å²) in [7, 11) is 0. The monoisotopic (exact) mass is 321 g/mol. The molecule has 0 unspecified atom stereocenters. The molecule has 1 aromatic heterocycles. The van der Waals surface area contributed by atoms with Gasteiger partial charge in [0.15, 0.2) is 0 Å². The molecule has 19 heavy (non-hydrogen) atoms. The van der Waals surface area contributed by atoms with Gasteiger partial charge in [0, 0.05) is 29.7 Å². The smallest absolute Gasteiger partial charge is 0.123 e. The van der Waals surface area contributed by atoms with E-state index < -0.39 is 0 Å². The zero-order valence-corrected chi connectivity index (χ0v) is 13.4. The van der Waals surface area contributed by atoms with Gasteiger partial charge in [-0.3, -0.25) is 4.90 Å². The third-order valence-corrected chi connectivity index (χ3v) is 4.27. The first kappa shape index (κ1) is 16.7. The molecule has 106 valence electrons. The van der Waals surface area contributed by atoms with Crippen LogP contribution in [0.2, 0.25) is 0 Å². The molecule has 0 spiro atoms. The number of alkyl halides is 1. The lowest BCUT2D eigenvalue weighted by Gasteiger charge is -2.25. The molecule has 0 aliphatic rings. The fraction of sp³-hybridized carbons (Fsp3) is 0.429. The van der Waals surface area contributed by atoms with E-state index in [1.807, 2.05) is 6.07 Å². The molecule has 0 aliphatic heterocycles. The van der Waals surface area contributed by atoms with Crippen molar-refractivity contribution in [2.45, 2.75) is 26.4 Å². The normalized spacial score (nSPS) is 11.3. The van der Waals surface area contributed by atoms with Crippen molar-refractivity contribution in [3.05, 3.63) is 35.0 Å². The second-order valence-electron chi connectivity index (χ2n) is 4.65. The van der Waals surface area contributed by atoms with Crippen LogP contribution in [0.25, 0.3) is 10.1 Å².